The first kappa shape index (κ1) is 30.2. The average Bonchev–Trinajstić information content (AvgIpc) is 3.84. The Hall–Kier alpha value is -3.27. The molecule has 5 rings (SSSR count). The largest absolute Gasteiger partial charge is 0.478 e. The van der Waals surface area contributed by atoms with Crippen LogP contribution in [0.2, 0.25) is 0 Å². The lowest BCUT2D eigenvalue weighted by molar-refractivity contribution is -0.145. The predicted octanol–water partition coefficient (Wildman–Crippen LogP) is 5.23. The molecule has 2 aromatic rings. The number of nitrogens with zero attached hydrogens (tertiary/aromatic N) is 4. The molecule has 9 nitrogen and oxygen atoms in total. The van der Waals surface area contributed by atoms with E-state index in [9.17, 15) is 19.5 Å². The van der Waals surface area contributed by atoms with E-state index in [-0.39, 0.29) is 17.7 Å². The van der Waals surface area contributed by atoms with Crippen molar-refractivity contribution in [3.8, 4) is 5.75 Å². The van der Waals surface area contributed by atoms with Crippen LogP contribution < -0.4 is 9.64 Å². The maximum atomic E-state index is 13.8. The summed E-state index contributed by atoms with van der Waals surface area (Å²) in [4.78, 5) is 45.9. The van der Waals surface area contributed by atoms with Gasteiger partial charge in [-0.05, 0) is 75.8 Å². The average molecular weight is 642 g/mol. The Labute approximate surface area is 256 Å². The Morgan fingerprint density at radius 3 is 2.38 bits per heavy atom. The van der Waals surface area contributed by atoms with Crippen LogP contribution >= 0.6 is 15.9 Å². The number of rotatable bonds is 8. The molecule has 3 amide bonds. The van der Waals surface area contributed by atoms with Crippen LogP contribution in [0, 0.1) is 5.92 Å². The number of carboxylic acid groups (broad SMARTS) is 1. The van der Waals surface area contributed by atoms with Gasteiger partial charge in [0.15, 0.2) is 5.60 Å². The molecule has 226 valence electrons. The predicted molar refractivity (Wildman–Crippen MR) is 165 cm³/mol. The molecule has 1 aliphatic carbocycles. The number of anilines is 1. The van der Waals surface area contributed by atoms with Gasteiger partial charge in [0.25, 0.3) is 5.91 Å². The molecule has 1 unspecified atom stereocenters. The van der Waals surface area contributed by atoms with Gasteiger partial charge in [0.1, 0.15) is 5.75 Å². The van der Waals surface area contributed by atoms with Crippen molar-refractivity contribution in [2.24, 2.45) is 5.92 Å². The molecule has 2 heterocycles. The minimum Gasteiger partial charge on any atom is -0.478 e. The van der Waals surface area contributed by atoms with Gasteiger partial charge in [0, 0.05) is 68.1 Å². The van der Waals surface area contributed by atoms with E-state index in [0.717, 1.165) is 48.0 Å². The van der Waals surface area contributed by atoms with Crippen molar-refractivity contribution < 1.29 is 24.2 Å². The van der Waals surface area contributed by atoms with Crippen molar-refractivity contribution in [1.82, 2.24) is 14.7 Å². The summed E-state index contributed by atoms with van der Waals surface area (Å²) in [5.74, 6) is 0.611. The fourth-order valence-corrected chi connectivity index (χ4v) is 6.25. The molecule has 2 saturated heterocycles. The normalized spacial score (nSPS) is 19.7. The first-order valence-electron chi connectivity index (χ1n) is 15.0. The van der Waals surface area contributed by atoms with Crippen molar-refractivity contribution >= 4 is 39.5 Å². The third kappa shape index (κ3) is 7.38. The summed E-state index contributed by atoms with van der Waals surface area (Å²) >= 11 is 3.50. The van der Waals surface area contributed by atoms with Crippen LogP contribution in [0.15, 0.2) is 53.0 Å². The summed E-state index contributed by atoms with van der Waals surface area (Å²) in [6.45, 7) is 7.24. The van der Waals surface area contributed by atoms with Crippen LogP contribution in [0.3, 0.4) is 0 Å². The quantitative estimate of drug-likeness (QED) is 0.425. The third-order valence-corrected chi connectivity index (χ3v) is 8.96. The number of benzene rings is 2. The first-order chi connectivity index (χ1) is 20.1. The van der Waals surface area contributed by atoms with Crippen LogP contribution in [-0.2, 0) is 16.1 Å². The zero-order valence-corrected chi connectivity index (χ0v) is 26.1. The molecule has 0 aromatic heterocycles. The van der Waals surface area contributed by atoms with Gasteiger partial charge in [-0.1, -0.05) is 34.1 Å². The van der Waals surface area contributed by atoms with E-state index in [1.807, 2.05) is 36.4 Å². The molecule has 1 atom stereocenters. The van der Waals surface area contributed by atoms with Crippen molar-refractivity contribution in [3.63, 3.8) is 0 Å². The van der Waals surface area contributed by atoms with E-state index < -0.39 is 11.7 Å². The van der Waals surface area contributed by atoms with E-state index in [2.05, 4.69) is 37.9 Å². The topological polar surface area (TPSA) is 93.6 Å². The second-order valence-electron chi connectivity index (χ2n) is 12.1. The lowest BCUT2D eigenvalue weighted by atomic mass is 9.95. The second-order valence-corrected chi connectivity index (χ2v) is 13.0. The second kappa shape index (κ2) is 12.9. The lowest BCUT2D eigenvalue weighted by Gasteiger charge is -2.37. The Balaban J connectivity index is 1.22. The van der Waals surface area contributed by atoms with Gasteiger partial charge < -0.3 is 29.4 Å². The van der Waals surface area contributed by atoms with Gasteiger partial charge in [-0.2, -0.15) is 0 Å². The zero-order valence-electron chi connectivity index (χ0n) is 24.5. The molecule has 42 heavy (non-hydrogen) atoms. The number of piperidine rings is 1. The smallest absolute Gasteiger partial charge is 0.407 e. The number of carbonyl (C=O) groups is 3. The standard InChI is InChI=1S/C32H41BrN4O5/c1-32(2,30(39)34-16-5-17-35(19-18-34)31(40)41)42-28-8-3-7-27(20-28)36-15-4-6-24(22-36)29(38)37(26-13-14-26)21-23-9-11-25(33)12-10-23/h3,7-12,20,24,26H,4-6,13-19,21-22H2,1-2H3,(H,40,41). The Bertz CT molecular complexity index is 1280. The summed E-state index contributed by atoms with van der Waals surface area (Å²) in [6, 6.07) is 16.3. The molecule has 1 saturated carbocycles. The van der Waals surface area contributed by atoms with Gasteiger partial charge >= 0.3 is 6.09 Å². The molecular formula is C32H41BrN4O5. The third-order valence-electron chi connectivity index (χ3n) is 8.43. The molecule has 0 radical (unpaired) electrons. The number of ether oxygens (including phenoxy) is 1. The molecule has 3 fully saturated rings. The Morgan fingerprint density at radius 2 is 1.67 bits per heavy atom. The molecule has 1 N–H and O–H groups in total. The highest BCUT2D eigenvalue weighted by atomic mass is 79.9. The molecule has 2 aromatic carbocycles. The van der Waals surface area contributed by atoms with Crippen LogP contribution in [0.1, 0.15) is 51.5 Å². The summed E-state index contributed by atoms with van der Waals surface area (Å²) in [5, 5.41) is 9.32. The van der Waals surface area contributed by atoms with Gasteiger partial charge in [0.05, 0.1) is 5.92 Å². The van der Waals surface area contributed by atoms with Crippen molar-refractivity contribution in [1.29, 1.82) is 0 Å². The maximum absolute atomic E-state index is 13.8. The maximum Gasteiger partial charge on any atom is 0.407 e. The number of hydrogen-bond donors (Lipinski definition) is 1. The molecular weight excluding hydrogens is 600 g/mol. The summed E-state index contributed by atoms with van der Waals surface area (Å²) in [7, 11) is 0. The number of hydrogen-bond acceptors (Lipinski definition) is 5. The summed E-state index contributed by atoms with van der Waals surface area (Å²) < 4.78 is 7.30. The molecule has 2 aliphatic heterocycles. The molecule has 0 bridgehead atoms. The highest BCUT2D eigenvalue weighted by Gasteiger charge is 2.38. The molecule has 3 aliphatic rings. The van der Waals surface area contributed by atoms with Gasteiger partial charge in [-0.25, -0.2) is 4.79 Å². The van der Waals surface area contributed by atoms with E-state index in [4.69, 9.17) is 4.74 Å². The number of amides is 3. The van der Waals surface area contributed by atoms with Crippen LogP contribution in [-0.4, -0.2) is 88.6 Å². The SMILES string of the molecule is CC(C)(Oc1cccc(N2CCCC(C(=O)N(Cc3ccc(Br)cc3)C3CC3)C2)c1)C(=O)N1CCCN(C(=O)O)CC1. The minimum absolute atomic E-state index is 0.0641. The minimum atomic E-state index is -1.12. The van der Waals surface area contributed by atoms with E-state index >= 15 is 0 Å². The Kier molecular flexibility index (Phi) is 9.30. The highest BCUT2D eigenvalue weighted by Crippen LogP contribution is 2.33. The first-order valence-corrected chi connectivity index (χ1v) is 15.8. The fourth-order valence-electron chi connectivity index (χ4n) is 5.98. The van der Waals surface area contributed by atoms with E-state index in [1.165, 1.54) is 4.90 Å². The van der Waals surface area contributed by atoms with Crippen LogP contribution in [0.4, 0.5) is 10.5 Å². The zero-order chi connectivity index (χ0) is 29.9. The fraction of sp³-hybridized carbons (Fsp3) is 0.531. The van der Waals surface area contributed by atoms with Gasteiger partial charge in [-0.3, -0.25) is 9.59 Å². The molecule has 10 heteroatoms. The highest BCUT2D eigenvalue weighted by molar-refractivity contribution is 9.10. The summed E-state index contributed by atoms with van der Waals surface area (Å²) in [6.07, 6.45) is 3.60. The van der Waals surface area contributed by atoms with Crippen molar-refractivity contribution in [2.75, 3.05) is 44.2 Å². The molecule has 0 spiro atoms. The van der Waals surface area contributed by atoms with E-state index in [1.54, 1.807) is 18.7 Å². The number of halogens is 1. The summed E-state index contributed by atoms with van der Waals surface area (Å²) in [5.41, 5.74) is 1.01. The number of carbonyl (C=O) groups excluding carboxylic acids is 2. The van der Waals surface area contributed by atoms with Crippen LogP contribution in [0.25, 0.3) is 0 Å². The Morgan fingerprint density at radius 1 is 0.952 bits per heavy atom. The van der Waals surface area contributed by atoms with Gasteiger partial charge in [-0.15, -0.1) is 0 Å². The van der Waals surface area contributed by atoms with Crippen LogP contribution in [0.5, 0.6) is 5.75 Å². The monoisotopic (exact) mass is 640 g/mol. The van der Waals surface area contributed by atoms with E-state index in [0.29, 0.717) is 57.5 Å². The van der Waals surface area contributed by atoms with Gasteiger partial charge in [0.2, 0.25) is 5.91 Å². The lowest BCUT2D eigenvalue weighted by Crippen LogP contribution is -2.50. The van der Waals surface area contributed by atoms with Crippen molar-refractivity contribution in [3.05, 3.63) is 58.6 Å². The van der Waals surface area contributed by atoms with Crippen molar-refractivity contribution in [2.45, 2.75) is 64.1 Å².